The molecule has 136 valence electrons. The Kier molecular flexibility index (Phi) is 6.61. The monoisotopic (exact) mass is 408 g/mol. The van der Waals surface area contributed by atoms with Crippen molar-refractivity contribution in [1.29, 1.82) is 0 Å². The van der Waals surface area contributed by atoms with Gasteiger partial charge in [-0.25, -0.2) is 4.98 Å². The Hall–Kier alpha value is -1.95. The Labute approximate surface area is 166 Å². The van der Waals surface area contributed by atoms with Crippen molar-refractivity contribution in [3.63, 3.8) is 0 Å². The molecule has 0 amide bonds. The molecule has 0 bridgehead atoms. The van der Waals surface area contributed by atoms with Crippen LogP contribution in [-0.4, -0.2) is 11.6 Å². The van der Waals surface area contributed by atoms with E-state index in [4.69, 9.17) is 32.7 Å². The highest BCUT2D eigenvalue weighted by molar-refractivity contribution is 7.13. The van der Waals surface area contributed by atoms with Crippen molar-refractivity contribution in [1.82, 2.24) is 4.98 Å². The molecule has 1 heterocycles. The number of thiazole rings is 1. The summed E-state index contributed by atoms with van der Waals surface area (Å²) in [6, 6.07) is 11.2. The van der Waals surface area contributed by atoms with Crippen LogP contribution in [0.5, 0.6) is 11.5 Å². The van der Waals surface area contributed by atoms with Crippen molar-refractivity contribution in [2.75, 3.05) is 11.9 Å². The van der Waals surface area contributed by atoms with Gasteiger partial charge in [-0.3, -0.25) is 0 Å². The summed E-state index contributed by atoms with van der Waals surface area (Å²) < 4.78 is 11.7. The fourth-order valence-corrected chi connectivity index (χ4v) is 3.19. The zero-order valence-electron chi connectivity index (χ0n) is 14.2. The minimum absolute atomic E-state index is 0.407. The van der Waals surface area contributed by atoms with Crippen molar-refractivity contribution < 1.29 is 9.47 Å². The Bertz CT molecular complexity index is 840. The smallest absolute Gasteiger partial charge is 0.182 e. The van der Waals surface area contributed by atoms with Crippen LogP contribution >= 0.6 is 34.5 Å². The molecule has 0 radical (unpaired) electrons. The molecule has 0 aliphatic rings. The van der Waals surface area contributed by atoms with Crippen molar-refractivity contribution in [3.05, 3.63) is 69.1 Å². The van der Waals surface area contributed by atoms with Crippen LogP contribution in [0.15, 0.2) is 48.0 Å². The van der Waals surface area contributed by atoms with E-state index in [1.165, 1.54) is 0 Å². The maximum absolute atomic E-state index is 6.43. The third-order valence-electron chi connectivity index (χ3n) is 3.58. The number of nitrogens with one attached hydrogen (secondary N) is 1. The van der Waals surface area contributed by atoms with Gasteiger partial charge in [-0.2, -0.15) is 0 Å². The van der Waals surface area contributed by atoms with Crippen LogP contribution in [0.1, 0.15) is 18.1 Å². The van der Waals surface area contributed by atoms with E-state index in [9.17, 15) is 0 Å². The van der Waals surface area contributed by atoms with E-state index in [1.54, 1.807) is 23.6 Å². The second kappa shape index (κ2) is 9.12. The first-order chi connectivity index (χ1) is 12.7. The highest BCUT2D eigenvalue weighted by Gasteiger charge is 2.12. The summed E-state index contributed by atoms with van der Waals surface area (Å²) in [5.74, 6) is 1.28. The van der Waals surface area contributed by atoms with E-state index in [0.29, 0.717) is 41.3 Å². The maximum Gasteiger partial charge on any atom is 0.182 e. The summed E-state index contributed by atoms with van der Waals surface area (Å²) >= 11 is 13.9. The van der Waals surface area contributed by atoms with Gasteiger partial charge in [0.25, 0.3) is 0 Å². The van der Waals surface area contributed by atoms with Crippen molar-refractivity contribution >= 4 is 39.7 Å². The lowest BCUT2D eigenvalue weighted by Gasteiger charge is -2.15. The molecule has 1 N–H and O–H groups in total. The van der Waals surface area contributed by atoms with Crippen molar-refractivity contribution in [2.45, 2.75) is 20.1 Å². The molecule has 0 saturated heterocycles. The second-order valence-electron chi connectivity index (χ2n) is 5.43. The highest BCUT2D eigenvalue weighted by atomic mass is 35.5. The van der Waals surface area contributed by atoms with Crippen LogP contribution in [0.25, 0.3) is 0 Å². The topological polar surface area (TPSA) is 43.4 Å². The number of hydrogen-bond acceptors (Lipinski definition) is 5. The van der Waals surface area contributed by atoms with Gasteiger partial charge in [-0.05, 0) is 36.2 Å². The number of anilines is 1. The zero-order chi connectivity index (χ0) is 18.4. The summed E-state index contributed by atoms with van der Waals surface area (Å²) in [4.78, 5) is 4.21. The number of benzene rings is 2. The molecule has 4 nitrogen and oxygen atoms in total. The van der Waals surface area contributed by atoms with E-state index in [1.807, 2.05) is 42.6 Å². The van der Waals surface area contributed by atoms with E-state index in [2.05, 4.69) is 10.3 Å². The third-order valence-corrected chi connectivity index (χ3v) is 4.92. The highest BCUT2D eigenvalue weighted by Crippen LogP contribution is 2.34. The molecule has 0 aliphatic heterocycles. The summed E-state index contributed by atoms with van der Waals surface area (Å²) in [6.45, 7) is 3.44. The first kappa shape index (κ1) is 18.8. The number of hydrogen-bond donors (Lipinski definition) is 1. The minimum Gasteiger partial charge on any atom is -0.490 e. The second-order valence-corrected chi connectivity index (χ2v) is 7.17. The van der Waals surface area contributed by atoms with Crippen molar-refractivity contribution in [3.8, 4) is 11.5 Å². The lowest BCUT2D eigenvalue weighted by molar-refractivity contribution is 0.269. The average Bonchev–Trinajstić information content (AvgIpc) is 3.15. The summed E-state index contributed by atoms with van der Waals surface area (Å²) in [5, 5.41) is 7.33. The van der Waals surface area contributed by atoms with Crippen LogP contribution in [0.4, 0.5) is 5.13 Å². The molecule has 3 aromatic rings. The summed E-state index contributed by atoms with van der Waals surface area (Å²) in [6.07, 6.45) is 1.76. The Balaban J connectivity index is 1.73. The number of rotatable bonds is 8. The molecule has 0 saturated carbocycles. The number of aromatic nitrogens is 1. The van der Waals surface area contributed by atoms with Gasteiger partial charge >= 0.3 is 0 Å². The molecule has 1 aromatic heterocycles. The van der Waals surface area contributed by atoms with Crippen LogP contribution < -0.4 is 14.8 Å². The number of nitrogens with zero attached hydrogens (tertiary/aromatic N) is 1. The number of halogens is 2. The molecule has 0 spiro atoms. The Morgan fingerprint density at radius 2 is 1.85 bits per heavy atom. The fraction of sp³-hybridized carbons (Fsp3) is 0.211. The Morgan fingerprint density at radius 1 is 1.08 bits per heavy atom. The third kappa shape index (κ3) is 5.04. The number of ether oxygens (including phenoxy) is 2. The first-order valence-electron chi connectivity index (χ1n) is 8.11. The molecule has 2 aromatic carbocycles. The molecule has 7 heteroatoms. The van der Waals surface area contributed by atoms with Crippen LogP contribution in [0, 0.1) is 0 Å². The van der Waals surface area contributed by atoms with Gasteiger partial charge in [0.15, 0.2) is 16.6 Å². The zero-order valence-corrected chi connectivity index (χ0v) is 16.5. The molecule has 0 fully saturated rings. The molecule has 26 heavy (non-hydrogen) atoms. The maximum atomic E-state index is 6.43. The predicted molar refractivity (Wildman–Crippen MR) is 108 cm³/mol. The lowest BCUT2D eigenvalue weighted by atomic mass is 10.2. The molecule has 0 unspecified atom stereocenters. The molecule has 0 aliphatic carbocycles. The molecule has 3 rings (SSSR count). The fourth-order valence-electron chi connectivity index (χ4n) is 2.32. The van der Waals surface area contributed by atoms with Crippen LogP contribution in [0.2, 0.25) is 10.0 Å². The Morgan fingerprint density at radius 3 is 2.54 bits per heavy atom. The van der Waals surface area contributed by atoms with Gasteiger partial charge in [0.2, 0.25) is 0 Å². The van der Waals surface area contributed by atoms with Gasteiger partial charge in [0, 0.05) is 34.2 Å². The lowest BCUT2D eigenvalue weighted by Crippen LogP contribution is -2.04. The predicted octanol–water partition coefficient (Wildman–Crippen LogP) is 6.04. The van der Waals surface area contributed by atoms with Gasteiger partial charge < -0.3 is 14.8 Å². The van der Waals surface area contributed by atoms with Crippen LogP contribution in [-0.2, 0) is 13.2 Å². The van der Waals surface area contributed by atoms with Gasteiger partial charge in [0.1, 0.15) is 6.61 Å². The standard InChI is InChI=1S/C19H18Cl2N2O2S/c1-2-24-17-9-14(11-23-19-22-7-8-26-19)16(21)10-18(17)25-12-13-3-5-15(20)6-4-13/h3-10H,2,11-12H2,1H3,(H,22,23). The summed E-state index contributed by atoms with van der Waals surface area (Å²) in [7, 11) is 0. The summed E-state index contributed by atoms with van der Waals surface area (Å²) in [5.41, 5.74) is 1.94. The van der Waals surface area contributed by atoms with E-state index < -0.39 is 0 Å². The van der Waals surface area contributed by atoms with E-state index in [-0.39, 0.29) is 0 Å². The van der Waals surface area contributed by atoms with Gasteiger partial charge in [-0.15, -0.1) is 11.3 Å². The SMILES string of the molecule is CCOc1cc(CNc2nccs2)c(Cl)cc1OCc1ccc(Cl)cc1. The average molecular weight is 409 g/mol. The van der Waals surface area contributed by atoms with Gasteiger partial charge in [0.05, 0.1) is 6.61 Å². The minimum atomic E-state index is 0.407. The quantitative estimate of drug-likeness (QED) is 0.493. The largest absolute Gasteiger partial charge is 0.490 e. The van der Waals surface area contributed by atoms with E-state index >= 15 is 0 Å². The molecule has 0 atom stereocenters. The molecular formula is C19H18Cl2N2O2S. The first-order valence-corrected chi connectivity index (χ1v) is 9.75. The van der Waals surface area contributed by atoms with Crippen LogP contribution in [0.3, 0.4) is 0 Å². The normalized spacial score (nSPS) is 10.6. The van der Waals surface area contributed by atoms with E-state index in [0.717, 1.165) is 16.3 Å². The molecular weight excluding hydrogens is 391 g/mol. The van der Waals surface area contributed by atoms with Gasteiger partial charge in [-0.1, -0.05) is 35.3 Å². The van der Waals surface area contributed by atoms with Crippen molar-refractivity contribution in [2.24, 2.45) is 0 Å².